The first-order valence-electron chi connectivity index (χ1n) is 12.4. The highest BCUT2D eigenvalue weighted by Crippen LogP contribution is 2.48. The third-order valence-electron chi connectivity index (χ3n) is 7.12. The molecule has 0 unspecified atom stereocenters. The number of hydrogen-bond acceptors (Lipinski definition) is 5. The summed E-state index contributed by atoms with van der Waals surface area (Å²) < 4.78 is 10.8. The van der Waals surface area contributed by atoms with Crippen LogP contribution in [0.25, 0.3) is 0 Å². The van der Waals surface area contributed by atoms with Crippen LogP contribution < -0.4 is 10.1 Å². The minimum absolute atomic E-state index is 0.0367. The van der Waals surface area contributed by atoms with Gasteiger partial charge in [-0.1, -0.05) is 84.0 Å². The van der Waals surface area contributed by atoms with Crippen molar-refractivity contribution in [1.29, 1.82) is 0 Å². The van der Waals surface area contributed by atoms with Crippen LogP contribution in [0.4, 0.5) is 4.79 Å². The van der Waals surface area contributed by atoms with Crippen LogP contribution in [0.5, 0.6) is 5.75 Å². The van der Waals surface area contributed by atoms with Gasteiger partial charge in [-0.25, -0.2) is 9.59 Å². The molecule has 1 aliphatic heterocycles. The lowest BCUT2D eigenvalue weighted by Crippen LogP contribution is -2.48. The highest BCUT2D eigenvalue weighted by atomic mass is 16.5. The van der Waals surface area contributed by atoms with Gasteiger partial charge in [0.2, 0.25) is 0 Å². The van der Waals surface area contributed by atoms with E-state index in [0.29, 0.717) is 6.54 Å². The largest absolute Gasteiger partial charge is 0.496 e. The number of carboxylic acids is 1. The van der Waals surface area contributed by atoms with E-state index in [2.05, 4.69) is 38.2 Å². The highest BCUT2D eigenvalue weighted by molar-refractivity contribution is 5.82. The van der Waals surface area contributed by atoms with Crippen LogP contribution in [0.15, 0.2) is 48.5 Å². The van der Waals surface area contributed by atoms with Gasteiger partial charge < -0.3 is 19.9 Å². The molecule has 0 aromatic heterocycles. The van der Waals surface area contributed by atoms with Gasteiger partial charge in [0.25, 0.3) is 0 Å². The van der Waals surface area contributed by atoms with Crippen LogP contribution in [0, 0.1) is 11.3 Å². The average Bonchev–Trinajstić information content (AvgIpc) is 3.18. The number of rotatable bonds is 6. The Labute approximate surface area is 214 Å². The predicted molar refractivity (Wildman–Crippen MR) is 140 cm³/mol. The Kier molecular flexibility index (Phi) is 8.04. The maximum atomic E-state index is 13.1. The van der Waals surface area contributed by atoms with E-state index in [4.69, 9.17) is 9.47 Å². The van der Waals surface area contributed by atoms with E-state index >= 15 is 0 Å². The Morgan fingerprint density at radius 3 is 2.14 bits per heavy atom. The number of likely N-dealkylation sites (tertiary alicyclic amines) is 1. The van der Waals surface area contributed by atoms with Gasteiger partial charge in [-0.15, -0.1) is 0 Å². The summed E-state index contributed by atoms with van der Waals surface area (Å²) in [5.41, 5.74) is 2.55. The summed E-state index contributed by atoms with van der Waals surface area (Å²) in [6.45, 7) is 13.0. The summed E-state index contributed by atoms with van der Waals surface area (Å²) in [4.78, 5) is 27.1. The molecule has 2 N–H and O–H groups in total. The van der Waals surface area contributed by atoms with Crippen molar-refractivity contribution in [3.63, 3.8) is 0 Å². The third-order valence-corrected chi connectivity index (χ3v) is 7.12. The molecule has 196 valence electrons. The fraction of sp³-hybridized carbons (Fsp3) is 0.517. The molecule has 0 aliphatic carbocycles. The number of carboxylic acid groups (broad SMARTS) is 1. The normalized spacial score (nSPS) is 22.4. The van der Waals surface area contributed by atoms with Crippen molar-refractivity contribution >= 4 is 12.1 Å². The molecular formula is C29H40N2O5. The number of ether oxygens (including phenoxy) is 2. The number of nitrogens with one attached hydrogen (secondary N) is 1. The number of hydrogen-bond donors (Lipinski definition) is 2. The lowest BCUT2D eigenvalue weighted by Gasteiger charge is -2.35. The van der Waals surface area contributed by atoms with Gasteiger partial charge >= 0.3 is 12.1 Å². The highest BCUT2D eigenvalue weighted by Gasteiger charge is 2.58. The van der Waals surface area contributed by atoms with E-state index in [9.17, 15) is 14.7 Å². The van der Waals surface area contributed by atoms with Crippen molar-refractivity contribution in [2.45, 2.75) is 71.6 Å². The lowest BCUT2D eigenvalue weighted by atomic mass is 9.72. The summed E-state index contributed by atoms with van der Waals surface area (Å²) in [6.07, 6.45) is -0.651. The molecular weight excluding hydrogens is 456 g/mol. The van der Waals surface area contributed by atoms with Crippen molar-refractivity contribution in [3.8, 4) is 5.75 Å². The van der Waals surface area contributed by atoms with Gasteiger partial charge in [0.15, 0.2) is 0 Å². The van der Waals surface area contributed by atoms with Crippen LogP contribution in [-0.4, -0.2) is 48.4 Å². The number of benzene rings is 2. The number of amides is 1. The van der Waals surface area contributed by atoms with Crippen LogP contribution in [0.2, 0.25) is 0 Å². The Morgan fingerprint density at radius 1 is 1.00 bits per heavy atom. The predicted octanol–water partition coefficient (Wildman–Crippen LogP) is 5.39. The molecule has 0 saturated carbocycles. The summed E-state index contributed by atoms with van der Waals surface area (Å²) >= 11 is 0. The molecule has 7 nitrogen and oxygen atoms in total. The second-order valence-corrected chi connectivity index (χ2v) is 11.6. The molecule has 3 rings (SSSR count). The summed E-state index contributed by atoms with van der Waals surface area (Å²) in [5, 5.41) is 14.0. The first kappa shape index (κ1) is 27.5. The first-order chi connectivity index (χ1) is 16.8. The fourth-order valence-electron chi connectivity index (χ4n) is 5.40. The maximum Gasteiger partial charge on any atom is 0.410 e. The van der Waals surface area contributed by atoms with Crippen LogP contribution >= 0.6 is 0 Å². The lowest BCUT2D eigenvalue weighted by molar-refractivity contribution is -0.144. The SMILES string of the molecule is COC(=O)N1[C@H](C(=O)O)[C@@H](C(C)(C)C)[C@H](NCc2cc(C(C)(C)C)ccc2OC)[C@@H]1c1ccccc1. The number of aliphatic carboxylic acids is 1. The second-order valence-electron chi connectivity index (χ2n) is 11.6. The quantitative estimate of drug-likeness (QED) is 0.558. The van der Waals surface area contributed by atoms with Crippen molar-refractivity contribution < 1.29 is 24.2 Å². The molecule has 2 aromatic carbocycles. The van der Waals surface area contributed by atoms with Crippen molar-refractivity contribution in [1.82, 2.24) is 10.2 Å². The molecule has 0 spiro atoms. The molecule has 0 bridgehead atoms. The Bertz CT molecular complexity index is 1070. The first-order valence-corrected chi connectivity index (χ1v) is 12.4. The Balaban J connectivity index is 2.12. The fourth-order valence-corrected chi connectivity index (χ4v) is 5.40. The molecule has 1 aliphatic rings. The van der Waals surface area contributed by atoms with Gasteiger partial charge in [-0.3, -0.25) is 4.90 Å². The molecule has 1 saturated heterocycles. The summed E-state index contributed by atoms with van der Waals surface area (Å²) in [6, 6.07) is 13.8. The van der Waals surface area contributed by atoms with E-state index in [0.717, 1.165) is 16.9 Å². The monoisotopic (exact) mass is 496 g/mol. The molecule has 1 heterocycles. The molecule has 7 heteroatoms. The summed E-state index contributed by atoms with van der Waals surface area (Å²) in [5.74, 6) is -0.675. The molecule has 1 amide bonds. The number of methoxy groups -OCH3 is 2. The topological polar surface area (TPSA) is 88.1 Å². The molecule has 4 atom stereocenters. The van der Waals surface area contributed by atoms with E-state index in [-0.39, 0.29) is 11.5 Å². The molecule has 2 aromatic rings. The summed E-state index contributed by atoms with van der Waals surface area (Å²) in [7, 11) is 2.94. The Morgan fingerprint density at radius 2 is 1.64 bits per heavy atom. The third kappa shape index (κ3) is 5.51. The van der Waals surface area contributed by atoms with E-state index in [1.165, 1.54) is 17.6 Å². The van der Waals surface area contributed by atoms with E-state index < -0.39 is 35.5 Å². The minimum atomic E-state index is -1.05. The van der Waals surface area contributed by atoms with Gasteiger partial charge in [0, 0.05) is 24.1 Å². The van der Waals surface area contributed by atoms with Crippen molar-refractivity contribution in [2.24, 2.45) is 11.3 Å². The zero-order valence-corrected chi connectivity index (χ0v) is 22.7. The van der Waals surface area contributed by atoms with Crippen molar-refractivity contribution in [2.75, 3.05) is 14.2 Å². The van der Waals surface area contributed by atoms with Gasteiger partial charge in [0.05, 0.1) is 20.3 Å². The average molecular weight is 497 g/mol. The van der Waals surface area contributed by atoms with Crippen molar-refractivity contribution in [3.05, 3.63) is 65.2 Å². The van der Waals surface area contributed by atoms with E-state index in [1.807, 2.05) is 57.2 Å². The molecule has 0 radical (unpaired) electrons. The minimum Gasteiger partial charge on any atom is -0.496 e. The zero-order chi connectivity index (χ0) is 26.8. The Hall–Kier alpha value is -3.06. The van der Waals surface area contributed by atoms with Gasteiger partial charge in [-0.2, -0.15) is 0 Å². The number of carbonyl (C=O) groups is 2. The second kappa shape index (κ2) is 10.5. The van der Waals surface area contributed by atoms with Crippen LogP contribution in [0.3, 0.4) is 0 Å². The zero-order valence-electron chi connectivity index (χ0n) is 22.7. The number of nitrogens with zero attached hydrogens (tertiary/aromatic N) is 1. The van der Waals surface area contributed by atoms with Gasteiger partial charge in [0.1, 0.15) is 11.8 Å². The molecule has 1 fully saturated rings. The van der Waals surface area contributed by atoms with Crippen LogP contribution in [0.1, 0.15) is 64.3 Å². The standard InChI is InChI=1S/C29H40N2O5/c1-28(2,3)20-14-15-21(35-7)19(16-20)17-30-23-22(29(4,5)6)25(26(32)33)31(27(34)36-8)24(23)18-12-10-9-11-13-18/h9-16,22-25,30H,17H2,1-8H3,(H,32,33)/t22-,23-,24-,25-/m0/s1. The van der Waals surface area contributed by atoms with Crippen LogP contribution in [-0.2, 0) is 21.5 Å². The smallest absolute Gasteiger partial charge is 0.410 e. The van der Waals surface area contributed by atoms with E-state index in [1.54, 1.807) is 7.11 Å². The molecule has 36 heavy (non-hydrogen) atoms. The maximum absolute atomic E-state index is 13.1. The number of carbonyl (C=O) groups excluding carboxylic acids is 1. The van der Waals surface area contributed by atoms with Gasteiger partial charge in [-0.05, 0) is 28.0 Å².